The molecule has 1 heterocycles. The van der Waals surface area contributed by atoms with Crippen molar-refractivity contribution in [3.8, 4) is 0 Å². The lowest BCUT2D eigenvalue weighted by atomic mass is 10.0. The summed E-state index contributed by atoms with van der Waals surface area (Å²) in [6.07, 6.45) is 2.84. The summed E-state index contributed by atoms with van der Waals surface area (Å²) in [5, 5.41) is 17.1. The molecule has 7 nitrogen and oxygen atoms in total. The van der Waals surface area contributed by atoms with Crippen molar-refractivity contribution in [1.29, 1.82) is 0 Å². The predicted molar refractivity (Wildman–Crippen MR) is 104 cm³/mol. The topological polar surface area (TPSA) is 103 Å². The monoisotopic (exact) mass is 390 g/mol. The fourth-order valence-corrected chi connectivity index (χ4v) is 4.40. The summed E-state index contributed by atoms with van der Waals surface area (Å²) in [4.78, 5) is 4.54. The highest BCUT2D eigenvalue weighted by Gasteiger charge is 2.14. The molecule has 0 aliphatic rings. The van der Waals surface area contributed by atoms with Crippen LogP contribution < -0.4 is 15.4 Å². The van der Waals surface area contributed by atoms with Crippen LogP contribution >= 0.6 is 11.3 Å². The minimum atomic E-state index is -3.43. The molecule has 1 atom stereocenters. The van der Waals surface area contributed by atoms with Gasteiger partial charge in [-0.2, -0.15) is 0 Å². The molecule has 0 radical (unpaired) electrons. The molecule has 0 fully saturated rings. The molecule has 1 rings (SSSR count). The summed E-state index contributed by atoms with van der Waals surface area (Å²) in [5.74, 6) is 1.03. The van der Waals surface area contributed by atoms with E-state index >= 15 is 0 Å². The van der Waals surface area contributed by atoms with Gasteiger partial charge in [0.25, 0.3) is 0 Å². The Morgan fingerprint density at radius 3 is 2.68 bits per heavy atom. The molecular weight excluding hydrogens is 360 g/mol. The summed E-state index contributed by atoms with van der Waals surface area (Å²) >= 11 is 1.20. The second-order valence-electron chi connectivity index (χ2n) is 5.64. The third-order valence-corrected chi connectivity index (χ3v) is 6.41. The molecule has 0 aromatic carbocycles. The molecule has 1 aromatic heterocycles. The molecule has 25 heavy (non-hydrogen) atoms. The van der Waals surface area contributed by atoms with Gasteiger partial charge in [0.1, 0.15) is 4.21 Å². The van der Waals surface area contributed by atoms with Gasteiger partial charge in [-0.05, 0) is 37.1 Å². The average molecular weight is 391 g/mol. The van der Waals surface area contributed by atoms with Gasteiger partial charge < -0.3 is 15.7 Å². The molecular formula is C16H30N4O3S2. The average Bonchev–Trinajstić information content (AvgIpc) is 3.12. The molecule has 0 bridgehead atoms. The Morgan fingerprint density at radius 2 is 2.08 bits per heavy atom. The second-order valence-corrected chi connectivity index (χ2v) is 8.58. The van der Waals surface area contributed by atoms with Crippen molar-refractivity contribution in [2.45, 2.75) is 37.3 Å². The van der Waals surface area contributed by atoms with Crippen LogP contribution in [0.2, 0.25) is 0 Å². The number of hydrogen-bond donors (Lipinski definition) is 4. The first kappa shape index (κ1) is 21.9. The zero-order valence-corrected chi connectivity index (χ0v) is 16.6. The lowest BCUT2D eigenvalue weighted by molar-refractivity contribution is 0.253. The molecule has 9 heteroatoms. The first-order valence-corrected chi connectivity index (χ1v) is 11.1. The third kappa shape index (κ3) is 8.66. The van der Waals surface area contributed by atoms with Crippen LogP contribution in [-0.2, 0) is 10.0 Å². The number of nitrogens with one attached hydrogen (secondary N) is 3. The van der Waals surface area contributed by atoms with Crippen LogP contribution in [0.4, 0.5) is 0 Å². The number of guanidine groups is 1. The maximum atomic E-state index is 12.0. The van der Waals surface area contributed by atoms with E-state index in [4.69, 9.17) is 5.11 Å². The van der Waals surface area contributed by atoms with Crippen LogP contribution in [0.1, 0.15) is 33.1 Å². The number of aliphatic imine (C=N–C) groups is 1. The zero-order valence-electron chi connectivity index (χ0n) is 15.0. The maximum absolute atomic E-state index is 12.0. The molecule has 0 spiro atoms. The van der Waals surface area contributed by atoms with Crippen LogP contribution in [0.25, 0.3) is 0 Å². The van der Waals surface area contributed by atoms with E-state index < -0.39 is 10.0 Å². The molecule has 0 saturated heterocycles. The molecule has 4 N–H and O–H groups in total. The Labute approximate surface area is 155 Å². The highest BCUT2D eigenvalue weighted by Crippen LogP contribution is 2.14. The number of rotatable bonds is 12. The van der Waals surface area contributed by atoms with E-state index in [1.54, 1.807) is 17.5 Å². The third-order valence-electron chi connectivity index (χ3n) is 3.56. The zero-order chi connectivity index (χ0) is 18.5. The molecule has 0 amide bonds. The fourth-order valence-electron chi connectivity index (χ4n) is 2.33. The summed E-state index contributed by atoms with van der Waals surface area (Å²) in [7, 11) is -3.43. The van der Waals surface area contributed by atoms with Crippen molar-refractivity contribution in [2.75, 3.05) is 32.8 Å². The Morgan fingerprint density at radius 1 is 1.28 bits per heavy atom. The standard InChI is InChI=1S/C16H30N4O3S2/c1-3-6-14(8-11-21)13-19-16(17-4-2)18-9-10-20-25(22,23)15-7-5-12-24-15/h5,7,12,14,20-21H,3-4,6,8-11,13H2,1-2H3,(H2,17,18,19). The van der Waals surface area contributed by atoms with Crippen LogP contribution in [-0.4, -0.2) is 52.3 Å². The second kappa shape index (κ2) is 12.2. The van der Waals surface area contributed by atoms with Crippen molar-refractivity contribution < 1.29 is 13.5 Å². The number of aliphatic hydroxyl groups is 1. The van der Waals surface area contributed by atoms with Crippen LogP contribution in [0, 0.1) is 5.92 Å². The predicted octanol–water partition coefficient (Wildman–Crippen LogP) is 1.38. The Bertz CT molecular complexity index is 583. The maximum Gasteiger partial charge on any atom is 0.250 e. The van der Waals surface area contributed by atoms with E-state index in [2.05, 4.69) is 27.3 Å². The summed E-state index contributed by atoms with van der Waals surface area (Å²) in [6.45, 7) is 6.37. The van der Waals surface area contributed by atoms with Gasteiger partial charge in [-0.25, -0.2) is 13.1 Å². The van der Waals surface area contributed by atoms with E-state index in [0.717, 1.165) is 25.8 Å². The minimum Gasteiger partial charge on any atom is -0.396 e. The highest BCUT2D eigenvalue weighted by atomic mass is 32.2. The number of hydrogen-bond acceptors (Lipinski definition) is 5. The Balaban J connectivity index is 2.45. The first-order chi connectivity index (χ1) is 12.0. The van der Waals surface area contributed by atoms with E-state index in [-0.39, 0.29) is 13.2 Å². The van der Waals surface area contributed by atoms with Gasteiger partial charge in [-0.1, -0.05) is 19.4 Å². The molecule has 0 aliphatic heterocycles. The summed E-state index contributed by atoms with van der Waals surface area (Å²) in [6, 6.07) is 3.30. The van der Waals surface area contributed by atoms with E-state index in [0.29, 0.717) is 29.2 Å². The lowest BCUT2D eigenvalue weighted by Crippen LogP contribution is -2.41. The van der Waals surface area contributed by atoms with E-state index in [9.17, 15) is 8.42 Å². The van der Waals surface area contributed by atoms with Crippen molar-refractivity contribution in [3.63, 3.8) is 0 Å². The van der Waals surface area contributed by atoms with Gasteiger partial charge in [0, 0.05) is 32.8 Å². The van der Waals surface area contributed by atoms with E-state index in [1.165, 1.54) is 11.3 Å². The normalized spacial score (nSPS) is 13.6. The van der Waals surface area contributed by atoms with E-state index in [1.807, 2.05) is 6.92 Å². The number of thiophene rings is 1. The summed E-state index contributed by atoms with van der Waals surface area (Å²) < 4.78 is 26.9. The van der Waals surface area contributed by atoms with Crippen LogP contribution in [0.5, 0.6) is 0 Å². The van der Waals surface area contributed by atoms with Gasteiger partial charge in [0.05, 0.1) is 0 Å². The van der Waals surface area contributed by atoms with Gasteiger partial charge >= 0.3 is 0 Å². The molecule has 1 unspecified atom stereocenters. The highest BCUT2D eigenvalue weighted by molar-refractivity contribution is 7.91. The molecule has 1 aromatic rings. The number of aliphatic hydroxyl groups excluding tert-OH is 1. The van der Waals surface area contributed by atoms with Crippen molar-refractivity contribution in [2.24, 2.45) is 10.9 Å². The van der Waals surface area contributed by atoms with Crippen molar-refractivity contribution >= 4 is 27.3 Å². The Hall–Kier alpha value is -1.16. The van der Waals surface area contributed by atoms with Crippen molar-refractivity contribution in [3.05, 3.63) is 17.5 Å². The fraction of sp³-hybridized carbons (Fsp3) is 0.688. The summed E-state index contributed by atoms with van der Waals surface area (Å²) in [5.41, 5.74) is 0. The quantitative estimate of drug-likeness (QED) is 0.245. The van der Waals surface area contributed by atoms with Crippen molar-refractivity contribution in [1.82, 2.24) is 15.4 Å². The molecule has 144 valence electrons. The SMILES string of the molecule is CCCC(CCO)CN=C(NCC)NCCNS(=O)(=O)c1cccs1. The largest absolute Gasteiger partial charge is 0.396 e. The van der Waals surface area contributed by atoms with Crippen LogP contribution in [0.3, 0.4) is 0 Å². The molecule has 0 aliphatic carbocycles. The van der Waals surface area contributed by atoms with Gasteiger partial charge in [0.2, 0.25) is 10.0 Å². The minimum absolute atomic E-state index is 0.175. The molecule has 0 saturated carbocycles. The van der Waals surface area contributed by atoms with Gasteiger partial charge in [-0.3, -0.25) is 4.99 Å². The van der Waals surface area contributed by atoms with Gasteiger partial charge in [0.15, 0.2) is 5.96 Å². The smallest absolute Gasteiger partial charge is 0.250 e. The van der Waals surface area contributed by atoms with Crippen LogP contribution in [0.15, 0.2) is 26.7 Å². The number of sulfonamides is 1. The van der Waals surface area contributed by atoms with Gasteiger partial charge in [-0.15, -0.1) is 11.3 Å². The lowest BCUT2D eigenvalue weighted by Gasteiger charge is -2.15. The number of nitrogens with zero attached hydrogens (tertiary/aromatic N) is 1. The first-order valence-electron chi connectivity index (χ1n) is 8.69. The Kier molecular flexibility index (Phi) is 10.7.